The van der Waals surface area contributed by atoms with E-state index in [4.69, 9.17) is 0 Å². The fraction of sp³-hybridized carbons (Fsp3) is 0.600. The Morgan fingerprint density at radius 3 is 2.44 bits per heavy atom. The quantitative estimate of drug-likeness (QED) is 0.491. The minimum Gasteiger partial charge on any atom is -0.183 e. The second-order valence-electron chi connectivity index (χ2n) is 1.24. The first-order valence-electron chi connectivity index (χ1n) is 2.48. The van der Waals surface area contributed by atoms with Crippen LogP contribution in [0.15, 0.2) is 11.5 Å². The normalized spacial score (nSPS) is 23.2. The molecule has 0 bridgehead atoms. The molecule has 1 unspecified atom stereocenters. The third-order valence-electron chi connectivity index (χ3n) is 0.708. The highest BCUT2D eigenvalue weighted by Gasteiger charge is 2.06. The van der Waals surface area contributed by atoms with Gasteiger partial charge < -0.3 is 0 Å². The Bertz CT molecular complexity index is 81.0. The van der Waals surface area contributed by atoms with Crippen LogP contribution in [0.2, 0.25) is 0 Å². The molecule has 0 aliphatic carbocycles. The van der Waals surface area contributed by atoms with E-state index in [-0.39, 0.29) is 0 Å². The van der Waals surface area contributed by atoms with Crippen LogP contribution in [-0.2, 0) is 0 Å². The molecule has 0 aromatic carbocycles. The third-order valence-corrected chi connectivity index (χ3v) is 3.71. The van der Waals surface area contributed by atoms with Gasteiger partial charge in [0.05, 0.1) is 0 Å². The van der Waals surface area contributed by atoms with Crippen LogP contribution in [0.4, 0.5) is 0 Å². The zero-order valence-corrected chi connectivity index (χ0v) is 8.57. The van der Waals surface area contributed by atoms with E-state index in [0.717, 1.165) is 5.75 Å². The van der Waals surface area contributed by atoms with Gasteiger partial charge in [-0.15, -0.1) is 0 Å². The molecule has 0 saturated heterocycles. The summed E-state index contributed by atoms with van der Waals surface area (Å²) in [6.45, 7) is 0. The van der Waals surface area contributed by atoms with E-state index >= 15 is 0 Å². The van der Waals surface area contributed by atoms with Crippen LogP contribution in [0, 0.1) is 0 Å². The molecule has 1 rings (SSSR count). The smallest absolute Gasteiger partial charge is 0.0430 e. The molecule has 0 N–H and O–H groups in total. The van der Waals surface area contributed by atoms with E-state index in [9.17, 15) is 0 Å². The summed E-state index contributed by atoms with van der Waals surface area (Å²) in [4.78, 5) is 0. The molecule has 0 spiro atoms. The molecular formula is C5H10S4. The summed E-state index contributed by atoms with van der Waals surface area (Å²) in [7, 11) is 3.67. The Morgan fingerprint density at radius 1 is 1.56 bits per heavy atom. The monoisotopic (exact) mass is 198 g/mol. The summed E-state index contributed by atoms with van der Waals surface area (Å²) in [5.41, 5.74) is 0. The van der Waals surface area contributed by atoms with Crippen molar-refractivity contribution < 1.29 is 0 Å². The summed E-state index contributed by atoms with van der Waals surface area (Å²) in [5, 5.41) is 2.78. The Morgan fingerprint density at radius 2 is 2.22 bits per heavy atom. The molecule has 4 heteroatoms. The highest BCUT2D eigenvalue weighted by Crippen LogP contribution is 2.35. The standard InChI is InChI=1S/C4H6S3.CH4S/c5-3-4-1-2-6-7-4;1-2/h1-2,4-5H,3H2;2H,1H3. The zero-order valence-electron chi connectivity index (χ0n) is 5.15. The van der Waals surface area contributed by atoms with Gasteiger partial charge >= 0.3 is 0 Å². The first-order chi connectivity index (χ1) is 4.43. The molecule has 9 heavy (non-hydrogen) atoms. The lowest BCUT2D eigenvalue weighted by molar-refractivity contribution is 1.30. The van der Waals surface area contributed by atoms with Crippen LogP contribution in [0.1, 0.15) is 0 Å². The molecule has 54 valence electrons. The van der Waals surface area contributed by atoms with Crippen molar-refractivity contribution in [3.8, 4) is 0 Å². The molecule has 0 aromatic heterocycles. The lowest BCUT2D eigenvalue weighted by atomic mass is 10.5. The Labute approximate surface area is 75.5 Å². The van der Waals surface area contributed by atoms with Gasteiger partial charge in [-0.25, -0.2) is 0 Å². The fourth-order valence-electron chi connectivity index (χ4n) is 0.347. The van der Waals surface area contributed by atoms with Gasteiger partial charge in [-0.1, -0.05) is 27.7 Å². The van der Waals surface area contributed by atoms with Crippen LogP contribution < -0.4 is 0 Å². The van der Waals surface area contributed by atoms with Crippen molar-refractivity contribution in [2.45, 2.75) is 5.25 Å². The van der Waals surface area contributed by atoms with E-state index < -0.39 is 0 Å². The Kier molecular flexibility index (Phi) is 8.17. The van der Waals surface area contributed by atoms with Crippen LogP contribution in [0.5, 0.6) is 0 Å². The van der Waals surface area contributed by atoms with Crippen LogP contribution >= 0.6 is 46.8 Å². The minimum absolute atomic E-state index is 0.660. The lowest BCUT2D eigenvalue weighted by Crippen LogP contribution is -1.92. The maximum absolute atomic E-state index is 4.13. The van der Waals surface area contributed by atoms with E-state index in [1.165, 1.54) is 0 Å². The molecule has 1 aliphatic rings. The van der Waals surface area contributed by atoms with Gasteiger partial charge in [0, 0.05) is 11.0 Å². The molecular weight excluding hydrogens is 188 g/mol. The van der Waals surface area contributed by atoms with Crippen molar-refractivity contribution in [2.24, 2.45) is 0 Å². The van der Waals surface area contributed by atoms with Gasteiger partial charge in [0.1, 0.15) is 0 Å². The van der Waals surface area contributed by atoms with E-state index in [1.807, 2.05) is 10.8 Å². The molecule has 1 aliphatic heterocycles. The van der Waals surface area contributed by atoms with Crippen molar-refractivity contribution in [1.29, 1.82) is 0 Å². The highest BCUT2D eigenvalue weighted by atomic mass is 33.1. The molecule has 1 atom stereocenters. The van der Waals surface area contributed by atoms with Gasteiger partial charge in [0.2, 0.25) is 0 Å². The van der Waals surface area contributed by atoms with Gasteiger partial charge in [0.15, 0.2) is 0 Å². The fourth-order valence-corrected chi connectivity index (χ4v) is 2.97. The van der Waals surface area contributed by atoms with E-state index in [2.05, 4.69) is 36.7 Å². The van der Waals surface area contributed by atoms with Crippen molar-refractivity contribution in [3.63, 3.8) is 0 Å². The van der Waals surface area contributed by atoms with Crippen molar-refractivity contribution in [2.75, 3.05) is 12.0 Å². The molecule has 0 aromatic rings. The predicted octanol–water partition coefficient (Wildman–Crippen LogP) is 2.74. The number of hydrogen-bond donors (Lipinski definition) is 2. The Hall–Kier alpha value is 1.14. The predicted molar refractivity (Wildman–Crippen MR) is 56.9 cm³/mol. The topological polar surface area (TPSA) is 0 Å². The SMILES string of the molecule is CS.SCC1C=CSS1. The highest BCUT2D eigenvalue weighted by molar-refractivity contribution is 8.78. The number of thiol groups is 2. The van der Waals surface area contributed by atoms with Crippen molar-refractivity contribution in [3.05, 3.63) is 11.5 Å². The van der Waals surface area contributed by atoms with Gasteiger partial charge in [-0.2, -0.15) is 25.3 Å². The summed E-state index contributed by atoms with van der Waals surface area (Å²) in [5.74, 6) is 0.966. The summed E-state index contributed by atoms with van der Waals surface area (Å²) in [6.07, 6.45) is 3.88. The van der Waals surface area contributed by atoms with Crippen LogP contribution in [-0.4, -0.2) is 17.3 Å². The minimum atomic E-state index is 0.660. The number of rotatable bonds is 1. The largest absolute Gasteiger partial charge is 0.183 e. The zero-order chi connectivity index (χ0) is 7.11. The second kappa shape index (κ2) is 7.25. The van der Waals surface area contributed by atoms with Crippen molar-refractivity contribution >= 4 is 46.8 Å². The summed E-state index contributed by atoms with van der Waals surface area (Å²) < 4.78 is 0. The maximum atomic E-state index is 4.13. The lowest BCUT2D eigenvalue weighted by Gasteiger charge is -1.95. The van der Waals surface area contributed by atoms with Crippen molar-refractivity contribution in [1.82, 2.24) is 0 Å². The van der Waals surface area contributed by atoms with E-state index in [0.29, 0.717) is 5.25 Å². The van der Waals surface area contributed by atoms with Gasteiger partial charge in [-0.05, 0) is 11.7 Å². The third kappa shape index (κ3) is 4.53. The summed E-state index contributed by atoms with van der Waals surface area (Å²) >= 11 is 7.66. The average molecular weight is 198 g/mol. The van der Waals surface area contributed by atoms with Crippen LogP contribution in [0.25, 0.3) is 0 Å². The van der Waals surface area contributed by atoms with Crippen LogP contribution in [0.3, 0.4) is 0 Å². The molecule has 0 radical (unpaired) electrons. The van der Waals surface area contributed by atoms with Gasteiger partial charge in [-0.3, -0.25) is 0 Å². The van der Waals surface area contributed by atoms with E-state index in [1.54, 1.807) is 17.0 Å². The van der Waals surface area contributed by atoms with Gasteiger partial charge in [0.25, 0.3) is 0 Å². The average Bonchev–Trinajstić information content (AvgIpc) is 2.43. The second-order valence-corrected chi connectivity index (χ2v) is 4.02. The Balaban J connectivity index is 0.000000291. The maximum Gasteiger partial charge on any atom is 0.0430 e. The molecule has 1 heterocycles. The molecule has 0 fully saturated rings. The molecule has 0 amide bonds. The summed E-state index contributed by atoms with van der Waals surface area (Å²) in [6, 6.07) is 0. The molecule has 0 nitrogen and oxygen atoms in total. The first kappa shape index (κ1) is 10.1. The number of hydrogen-bond acceptors (Lipinski definition) is 4. The molecule has 0 saturated carbocycles. The first-order valence-corrected chi connectivity index (χ1v) is 6.28.